The monoisotopic (exact) mass is 636 g/mol. The number of fused-ring (bicyclic) bond motifs is 1. The summed E-state index contributed by atoms with van der Waals surface area (Å²) in [5.41, 5.74) is 9.80. The smallest absolute Gasteiger partial charge is 0.296 e. The Labute approximate surface area is 238 Å². The highest BCUT2D eigenvalue weighted by Gasteiger charge is 2.25. The molecular formula is C23H20N6O10S3. The summed E-state index contributed by atoms with van der Waals surface area (Å²) in [6.07, 6.45) is 0. The standard InChI is InChI=1S/C23H20N6O10S3/c1-11-8-12-9-18(42(37,38)39)22(29-27-15-10-13(24)6-7-17(15)41(34,35)36)20(25)19(12)23(30)21(11)28-26-14-4-2-3-5-16(14)40(31,32)33/h2-10,30H,24-25H2,1H3,(H,31,32,33)(H,34,35,36)(H,37,38,39). The van der Waals surface area contributed by atoms with E-state index in [0.717, 1.165) is 30.3 Å². The highest BCUT2D eigenvalue weighted by atomic mass is 32.2. The largest absolute Gasteiger partial charge is 0.505 e. The highest BCUT2D eigenvalue weighted by Crippen LogP contribution is 2.47. The van der Waals surface area contributed by atoms with E-state index in [1.165, 1.54) is 31.2 Å². The van der Waals surface area contributed by atoms with Crippen LogP contribution in [0.4, 0.5) is 34.1 Å². The number of hydrogen-bond acceptors (Lipinski definition) is 13. The number of nitrogen functional groups attached to an aromatic ring is 2. The number of rotatable bonds is 7. The molecule has 0 spiro atoms. The van der Waals surface area contributed by atoms with Crippen molar-refractivity contribution in [1.82, 2.24) is 0 Å². The summed E-state index contributed by atoms with van der Waals surface area (Å²) >= 11 is 0. The minimum absolute atomic E-state index is 0.00561. The first-order valence-electron chi connectivity index (χ1n) is 11.2. The second-order valence-corrected chi connectivity index (χ2v) is 12.8. The Balaban J connectivity index is 1.97. The van der Waals surface area contributed by atoms with Crippen LogP contribution in [0.5, 0.6) is 5.75 Å². The molecule has 0 aromatic heterocycles. The molecule has 0 saturated carbocycles. The Hall–Kier alpha value is -4.53. The van der Waals surface area contributed by atoms with Crippen molar-refractivity contribution in [1.29, 1.82) is 0 Å². The summed E-state index contributed by atoms with van der Waals surface area (Å²) < 4.78 is 100. The molecule has 0 aliphatic carbocycles. The van der Waals surface area contributed by atoms with Crippen molar-refractivity contribution in [2.45, 2.75) is 21.6 Å². The van der Waals surface area contributed by atoms with Crippen molar-refractivity contribution in [2.75, 3.05) is 11.5 Å². The number of phenolic OH excluding ortho intramolecular Hbond substituents is 1. The van der Waals surface area contributed by atoms with E-state index in [0.29, 0.717) is 0 Å². The maximum Gasteiger partial charge on any atom is 0.296 e. The zero-order valence-electron chi connectivity index (χ0n) is 21.1. The number of nitrogens with two attached hydrogens (primary N) is 2. The second kappa shape index (κ2) is 10.7. The summed E-state index contributed by atoms with van der Waals surface area (Å²) in [4.78, 5) is -2.14. The second-order valence-electron chi connectivity index (χ2n) is 8.65. The van der Waals surface area contributed by atoms with Crippen molar-refractivity contribution < 1.29 is 44.0 Å². The third-order valence-corrected chi connectivity index (χ3v) is 8.41. The molecule has 16 nitrogen and oxygen atoms in total. The predicted octanol–water partition coefficient (Wildman–Crippen LogP) is 4.59. The summed E-state index contributed by atoms with van der Waals surface area (Å²) in [5.74, 6) is -0.656. The van der Waals surface area contributed by atoms with E-state index in [2.05, 4.69) is 20.5 Å². The number of aryl methyl sites for hydroxylation is 1. The maximum atomic E-state index is 12.2. The highest BCUT2D eigenvalue weighted by molar-refractivity contribution is 7.86. The number of phenols is 1. The molecule has 0 aliphatic heterocycles. The topological polar surface area (TPSA) is 285 Å². The van der Waals surface area contributed by atoms with Crippen LogP contribution in [-0.4, -0.2) is 44.0 Å². The number of benzene rings is 4. The number of aromatic hydroxyl groups is 1. The first-order chi connectivity index (χ1) is 19.4. The predicted molar refractivity (Wildman–Crippen MR) is 150 cm³/mol. The van der Waals surface area contributed by atoms with E-state index in [4.69, 9.17) is 11.5 Å². The molecular weight excluding hydrogens is 616 g/mol. The number of anilines is 2. The lowest BCUT2D eigenvalue weighted by Gasteiger charge is -2.14. The van der Waals surface area contributed by atoms with Crippen LogP contribution in [0.2, 0.25) is 0 Å². The molecule has 0 heterocycles. The van der Waals surface area contributed by atoms with E-state index in [9.17, 15) is 44.0 Å². The van der Waals surface area contributed by atoms with Gasteiger partial charge in [-0.25, -0.2) is 0 Å². The Morgan fingerprint density at radius 2 is 1.19 bits per heavy atom. The average Bonchev–Trinajstić information content (AvgIpc) is 2.86. The Bertz CT molecular complexity index is 2170. The molecule has 0 atom stereocenters. The molecule has 8 N–H and O–H groups in total. The van der Waals surface area contributed by atoms with Gasteiger partial charge in [0.05, 0.1) is 11.1 Å². The van der Waals surface area contributed by atoms with E-state index >= 15 is 0 Å². The van der Waals surface area contributed by atoms with Gasteiger partial charge in [-0.3, -0.25) is 13.7 Å². The molecule has 0 bridgehead atoms. The summed E-state index contributed by atoms with van der Waals surface area (Å²) in [6.45, 7) is 1.45. The van der Waals surface area contributed by atoms with Crippen LogP contribution in [0.3, 0.4) is 0 Å². The fourth-order valence-corrected chi connectivity index (χ4v) is 5.79. The Morgan fingerprint density at radius 1 is 0.643 bits per heavy atom. The van der Waals surface area contributed by atoms with Gasteiger partial charge in [0.15, 0.2) is 5.75 Å². The van der Waals surface area contributed by atoms with Crippen molar-refractivity contribution >= 4 is 75.3 Å². The zero-order valence-corrected chi connectivity index (χ0v) is 23.6. The number of hydrogen-bond donors (Lipinski definition) is 6. The molecule has 4 aromatic rings. The molecule has 0 radical (unpaired) electrons. The van der Waals surface area contributed by atoms with Crippen LogP contribution in [0.15, 0.2) is 89.7 Å². The van der Waals surface area contributed by atoms with Crippen molar-refractivity contribution in [2.24, 2.45) is 20.5 Å². The minimum atomic E-state index is -5.03. The van der Waals surface area contributed by atoms with Crippen LogP contribution in [0.25, 0.3) is 10.8 Å². The summed E-state index contributed by atoms with van der Waals surface area (Å²) in [7, 11) is -14.5. The van der Waals surface area contributed by atoms with Crippen LogP contribution < -0.4 is 11.5 Å². The van der Waals surface area contributed by atoms with E-state index in [-0.39, 0.29) is 33.4 Å². The van der Waals surface area contributed by atoms with Gasteiger partial charge in [-0.05, 0) is 60.3 Å². The quantitative estimate of drug-likeness (QED) is 0.0922. The van der Waals surface area contributed by atoms with E-state index in [1.54, 1.807) is 0 Å². The van der Waals surface area contributed by atoms with Gasteiger partial charge in [0.2, 0.25) is 0 Å². The SMILES string of the molecule is Cc1cc2cc(S(=O)(=O)O)c(N=Nc3cc(N)ccc3S(=O)(=O)O)c(N)c2c(O)c1N=Nc1ccccc1S(=O)(=O)O. The van der Waals surface area contributed by atoms with Gasteiger partial charge in [-0.15, -0.1) is 20.5 Å². The van der Waals surface area contributed by atoms with Crippen molar-refractivity contribution in [3.05, 3.63) is 60.2 Å². The lowest BCUT2D eigenvalue weighted by Crippen LogP contribution is -2.02. The van der Waals surface area contributed by atoms with Crippen molar-refractivity contribution in [3.63, 3.8) is 0 Å². The molecule has 0 saturated heterocycles. The fourth-order valence-electron chi connectivity index (χ4n) is 3.90. The molecule has 19 heteroatoms. The Morgan fingerprint density at radius 3 is 1.81 bits per heavy atom. The third kappa shape index (κ3) is 6.05. The normalized spacial score (nSPS) is 13.0. The van der Waals surface area contributed by atoms with Crippen LogP contribution in [0.1, 0.15) is 5.56 Å². The van der Waals surface area contributed by atoms with Crippen LogP contribution in [0, 0.1) is 6.92 Å². The van der Waals surface area contributed by atoms with E-state index in [1.807, 2.05) is 0 Å². The van der Waals surface area contributed by atoms with Crippen molar-refractivity contribution in [3.8, 4) is 5.75 Å². The molecule has 0 aliphatic rings. The molecule has 4 rings (SSSR count). The third-order valence-electron chi connectivity index (χ3n) is 5.74. The average molecular weight is 637 g/mol. The number of nitrogens with zero attached hydrogens (tertiary/aromatic N) is 4. The molecule has 0 fully saturated rings. The van der Waals surface area contributed by atoms with Gasteiger partial charge in [-0.2, -0.15) is 25.3 Å². The molecule has 4 aromatic carbocycles. The maximum absolute atomic E-state index is 12.2. The molecule has 0 unspecified atom stereocenters. The van der Waals surface area contributed by atoms with Gasteiger partial charge in [-0.1, -0.05) is 12.1 Å². The zero-order chi connectivity index (χ0) is 31.2. The minimum Gasteiger partial charge on any atom is -0.505 e. The lowest BCUT2D eigenvalue weighted by atomic mass is 10.0. The van der Waals surface area contributed by atoms with E-state index < -0.39 is 67.9 Å². The summed E-state index contributed by atoms with van der Waals surface area (Å²) in [5, 5.41) is 25.9. The first-order valence-corrected chi connectivity index (χ1v) is 15.5. The molecule has 42 heavy (non-hydrogen) atoms. The van der Waals surface area contributed by atoms with Gasteiger partial charge in [0.1, 0.15) is 37.4 Å². The van der Waals surface area contributed by atoms with Crippen LogP contribution in [-0.2, 0) is 30.4 Å². The summed E-state index contributed by atoms with van der Waals surface area (Å²) in [6, 6.07) is 10.4. The van der Waals surface area contributed by atoms with Gasteiger partial charge >= 0.3 is 0 Å². The van der Waals surface area contributed by atoms with Gasteiger partial charge in [0, 0.05) is 5.69 Å². The molecule has 220 valence electrons. The van der Waals surface area contributed by atoms with Crippen LogP contribution >= 0.6 is 0 Å². The van der Waals surface area contributed by atoms with Gasteiger partial charge < -0.3 is 16.6 Å². The Kier molecular flexibility index (Phi) is 7.76. The van der Waals surface area contributed by atoms with Gasteiger partial charge in [0.25, 0.3) is 30.4 Å². The lowest BCUT2D eigenvalue weighted by molar-refractivity contribution is 0.480. The number of azo groups is 2. The molecule has 0 amide bonds. The first kappa shape index (κ1) is 30.4. The fraction of sp³-hybridized carbons (Fsp3) is 0.0435.